The number of ether oxygens (including phenoxy) is 1. The highest BCUT2D eigenvalue weighted by Gasteiger charge is 2.26. The minimum atomic E-state index is 0.437. The number of hydrogen-bond donors (Lipinski definition) is 2. The number of nitrogens with zero attached hydrogens (tertiary/aromatic N) is 1. The zero-order chi connectivity index (χ0) is 9.97. The second-order valence-electron chi connectivity index (χ2n) is 4.25. The van der Waals surface area contributed by atoms with Crippen LogP contribution >= 0.6 is 0 Å². The van der Waals surface area contributed by atoms with Crippen LogP contribution in [0.2, 0.25) is 0 Å². The van der Waals surface area contributed by atoms with Gasteiger partial charge in [0.15, 0.2) is 5.96 Å². The van der Waals surface area contributed by atoms with E-state index in [-0.39, 0.29) is 0 Å². The van der Waals surface area contributed by atoms with Crippen LogP contribution < -0.4 is 10.6 Å². The molecule has 0 amide bonds. The van der Waals surface area contributed by atoms with Gasteiger partial charge < -0.3 is 15.4 Å². The Morgan fingerprint density at radius 3 is 2.93 bits per heavy atom. The summed E-state index contributed by atoms with van der Waals surface area (Å²) >= 11 is 0. The van der Waals surface area contributed by atoms with Crippen molar-refractivity contribution in [2.75, 3.05) is 13.7 Å². The van der Waals surface area contributed by atoms with E-state index in [0.29, 0.717) is 18.2 Å². The lowest BCUT2D eigenvalue weighted by atomic mass is 10.2. The minimum absolute atomic E-state index is 0.437. The average molecular weight is 197 g/mol. The van der Waals surface area contributed by atoms with Crippen molar-refractivity contribution in [1.29, 1.82) is 0 Å². The summed E-state index contributed by atoms with van der Waals surface area (Å²) in [6.45, 7) is 3.04. The van der Waals surface area contributed by atoms with Gasteiger partial charge in [0.05, 0.1) is 12.6 Å². The van der Waals surface area contributed by atoms with Crippen LogP contribution in [0.5, 0.6) is 0 Å². The second kappa shape index (κ2) is 4.17. The van der Waals surface area contributed by atoms with Crippen LogP contribution in [-0.4, -0.2) is 37.8 Å². The van der Waals surface area contributed by atoms with Gasteiger partial charge in [0.1, 0.15) is 0 Å². The number of aliphatic imine (C=N–C) groups is 1. The van der Waals surface area contributed by atoms with E-state index in [1.807, 2.05) is 0 Å². The van der Waals surface area contributed by atoms with Crippen molar-refractivity contribution < 1.29 is 4.74 Å². The third-order valence-corrected chi connectivity index (χ3v) is 2.97. The molecule has 0 radical (unpaired) electrons. The van der Waals surface area contributed by atoms with Crippen LogP contribution in [0, 0.1) is 0 Å². The zero-order valence-electron chi connectivity index (χ0n) is 8.92. The highest BCUT2D eigenvalue weighted by Crippen LogP contribution is 2.21. The zero-order valence-corrected chi connectivity index (χ0v) is 8.92. The molecule has 0 spiro atoms. The third kappa shape index (κ3) is 2.18. The van der Waals surface area contributed by atoms with E-state index in [2.05, 4.69) is 22.5 Å². The Hall–Kier alpha value is -0.770. The fourth-order valence-electron chi connectivity index (χ4n) is 2.12. The quantitative estimate of drug-likeness (QED) is 0.677. The fourth-order valence-corrected chi connectivity index (χ4v) is 2.12. The lowest BCUT2D eigenvalue weighted by molar-refractivity contribution is 0.107. The summed E-state index contributed by atoms with van der Waals surface area (Å²) < 4.78 is 5.33. The van der Waals surface area contributed by atoms with E-state index in [4.69, 9.17) is 4.74 Å². The predicted octanol–water partition coefficient (Wildman–Crippen LogP) is 0.491. The van der Waals surface area contributed by atoms with Crippen LogP contribution in [0.4, 0.5) is 0 Å². The summed E-state index contributed by atoms with van der Waals surface area (Å²) in [7, 11) is 1.79. The van der Waals surface area contributed by atoms with Crippen molar-refractivity contribution in [1.82, 2.24) is 10.6 Å². The van der Waals surface area contributed by atoms with Gasteiger partial charge in [-0.15, -0.1) is 0 Å². The monoisotopic (exact) mass is 197 g/mol. The Kier molecular flexibility index (Phi) is 2.91. The van der Waals surface area contributed by atoms with E-state index >= 15 is 0 Å². The highest BCUT2D eigenvalue weighted by molar-refractivity contribution is 5.82. The van der Waals surface area contributed by atoms with Crippen LogP contribution in [-0.2, 0) is 4.74 Å². The molecule has 2 aliphatic rings. The molecule has 80 valence electrons. The maximum atomic E-state index is 5.33. The molecule has 1 aliphatic heterocycles. The van der Waals surface area contributed by atoms with Crippen molar-refractivity contribution in [3.05, 3.63) is 0 Å². The molecule has 0 bridgehead atoms. The molecule has 1 saturated carbocycles. The number of hydrogen-bond acceptors (Lipinski definition) is 4. The molecule has 4 nitrogen and oxygen atoms in total. The smallest absolute Gasteiger partial charge is 0.191 e. The molecular weight excluding hydrogens is 178 g/mol. The highest BCUT2D eigenvalue weighted by atomic mass is 16.5. The van der Waals surface area contributed by atoms with E-state index in [9.17, 15) is 0 Å². The first-order valence-electron chi connectivity index (χ1n) is 5.38. The van der Waals surface area contributed by atoms with E-state index < -0.39 is 0 Å². The average Bonchev–Trinajstić information content (AvgIpc) is 2.76. The van der Waals surface area contributed by atoms with Gasteiger partial charge in [0.25, 0.3) is 0 Å². The lowest BCUT2D eigenvalue weighted by Gasteiger charge is -2.15. The first kappa shape index (κ1) is 9.77. The molecular formula is C10H19N3O. The molecule has 14 heavy (non-hydrogen) atoms. The van der Waals surface area contributed by atoms with Gasteiger partial charge in [-0.2, -0.15) is 0 Å². The summed E-state index contributed by atoms with van der Waals surface area (Å²) in [4.78, 5) is 4.38. The maximum Gasteiger partial charge on any atom is 0.191 e. The Balaban J connectivity index is 1.76. The van der Waals surface area contributed by atoms with Crippen LogP contribution in [0.15, 0.2) is 4.99 Å². The van der Waals surface area contributed by atoms with Crippen molar-refractivity contribution in [3.63, 3.8) is 0 Å². The van der Waals surface area contributed by atoms with Gasteiger partial charge in [-0.25, -0.2) is 0 Å². The molecule has 1 fully saturated rings. The third-order valence-electron chi connectivity index (χ3n) is 2.97. The molecule has 2 N–H and O–H groups in total. The molecule has 0 aromatic carbocycles. The number of nitrogens with one attached hydrogen (secondary N) is 2. The fraction of sp³-hybridized carbons (Fsp3) is 0.900. The Bertz CT molecular complexity index is 229. The van der Waals surface area contributed by atoms with E-state index in [0.717, 1.165) is 25.3 Å². The standard InChI is InChI=1S/C10H19N3O/c1-7-6-11-10(12-7)13-8-3-4-9(5-8)14-2/h7-9H,3-6H2,1-2H3,(H2,11,12,13). The first-order valence-corrected chi connectivity index (χ1v) is 5.38. The van der Waals surface area contributed by atoms with Gasteiger partial charge in [0.2, 0.25) is 0 Å². The molecule has 0 saturated heterocycles. The summed E-state index contributed by atoms with van der Waals surface area (Å²) in [5, 5.41) is 6.74. The van der Waals surface area contributed by atoms with Crippen molar-refractivity contribution in [2.24, 2.45) is 4.99 Å². The maximum absolute atomic E-state index is 5.33. The van der Waals surface area contributed by atoms with Gasteiger partial charge in [-0.05, 0) is 26.2 Å². The number of rotatable bonds is 2. The van der Waals surface area contributed by atoms with Gasteiger partial charge in [-0.3, -0.25) is 4.99 Å². The Labute approximate surface area is 85.1 Å². The molecule has 3 atom stereocenters. The van der Waals surface area contributed by atoms with Crippen molar-refractivity contribution in [3.8, 4) is 0 Å². The molecule has 0 aromatic heterocycles. The van der Waals surface area contributed by atoms with Gasteiger partial charge in [-0.1, -0.05) is 0 Å². The predicted molar refractivity (Wildman–Crippen MR) is 56.5 cm³/mol. The molecule has 2 rings (SSSR count). The number of guanidine groups is 1. The first-order chi connectivity index (χ1) is 6.78. The van der Waals surface area contributed by atoms with Crippen LogP contribution in [0.3, 0.4) is 0 Å². The molecule has 3 unspecified atom stereocenters. The lowest BCUT2D eigenvalue weighted by Crippen LogP contribution is -2.42. The topological polar surface area (TPSA) is 45.6 Å². The molecule has 1 aliphatic carbocycles. The SMILES string of the molecule is COC1CCC(NC2=NCC(C)N2)C1. The van der Waals surface area contributed by atoms with Crippen molar-refractivity contribution >= 4 is 5.96 Å². The summed E-state index contributed by atoms with van der Waals surface area (Å²) in [6.07, 6.45) is 3.89. The summed E-state index contributed by atoms with van der Waals surface area (Å²) in [5.41, 5.74) is 0. The van der Waals surface area contributed by atoms with E-state index in [1.54, 1.807) is 7.11 Å². The van der Waals surface area contributed by atoms with Crippen molar-refractivity contribution in [2.45, 2.75) is 44.4 Å². The minimum Gasteiger partial charge on any atom is -0.381 e. The molecule has 0 aromatic rings. The van der Waals surface area contributed by atoms with Gasteiger partial charge >= 0.3 is 0 Å². The van der Waals surface area contributed by atoms with Crippen LogP contribution in [0.1, 0.15) is 26.2 Å². The Morgan fingerprint density at radius 1 is 1.50 bits per heavy atom. The van der Waals surface area contributed by atoms with Gasteiger partial charge in [0, 0.05) is 19.2 Å². The normalized spacial score (nSPS) is 36.7. The van der Waals surface area contributed by atoms with E-state index in [1.165, 1.54) is 6.42 Å². The largest absolute Gasteiger partial charge is 0.381 e. The Morgan fingerprint density at radius 2 is 2.36 bits per heavy atom. The van der Waals surface area contributed by atoms with Crippen LogP contribution in [0.25, 0.3) is 0 Å². The number of methoxy groups -OCH3 is 1. The molecule has 4 heteroatoms. The summed E-state index contributed by atoms with van der Waals surface area (Å²) in [6, 6.07) is 1.02. The molecule has 1 heterocycles. The second-order valence-corrected chi connectivity index (χ2v) is 4.25. The summed E-state index contributed by atoms with van der Waals surface area (Å²) in [5.74, 6) is 0.972.